The third-order valence-corrected chi connectivity index (χ3v) is 2.52. The van der Waals surface area contributed by atoms with Gasteiger partial charge in [0.25, 0.3) is 5.91 Å². The van der Waals surface area contributed by atoms with Crippen LogP contribution in [0.2, 0.25) is 0 Å². The lowest BCUT2D eigenvalue weighted by Crippen LogP contribution is -2.11. The normalized spacial score (nSPS) is 9.63. The average Bonchev–Trinajstić information content (AvgIpc) is 2.42. The molecule has 0 fully saturated rings. The van der Waals surface area contributed by atoms with E-state index in [2.05, 4.69) is 11.2 Å². The molecule has 19 heavy (non-hydrogen) atoms. The first-order valence-electron chi connectivity index (χ1n) is 5.50. The maximum Gasteiger partial charge on any atom is 0.255 e. The van der Waals surface area contributed by atoms with E-state index >= 15 is 0 Å². The summed E-state index contributed by atoms with van der Waals surface area (Å²) >= 11 is 0. The van der Waals surface area contributed by atoms with Gasteiger partial charge in [0.2, 0.25) is 0 Å². The highest BCUT2D eigenvalue weighted by atomic mass is 16.3. The van der Waals surface area contributed by atoms with E-state index in [1.165, 1.54) is 18.2 Å². The Kier molecular flexibility index (Phi) is 3.39. The van der Waals surface area contributed by atoms with E-state index in [0.29, 0.717) is 11.3 Å². The van der Waals surface area contributed by atoms with Crippen LogP contribution < -0.4 is 5.32 Å². The number of aromatic hydroxyl groups is 2. The molecule has 0 spiro atoms. The van der Waals surface area contributed by atoms with Crippen molar-refractivity contribution in [2.75, 3.05) is 5.32 Å². The Morgan fingerprint density at radius 2 is 1.89 bits per heavy atom. The van der Waals surface area contributed by atoms with Crippen LogP contribution in [0.25, 0.3) is 0 Å². The molecule has 2 aromatic rings. The first kappa shape index (κ1) is 12.5. The number of hydrogen-bond acceptors (Lipinski definition) is 3. The predicted molar refractivity (Wildman–Crippen MR) is 72.1 cm³/mol. The van der Waals surface area contributed by atoms with Crippen molar-refractivity contribution < 1.29 is 15.0 Å². The van der Waals surface area contributed by atoms with Gasteiger partial charge in [0.15, 0.2) is 11.5 Å². The zero-order valence-corrected chi connectivity index (χ0v) is 9.92. The Labute approximate surface area is 110 Å². The third kappa shape index (κ3) is 2.85. The molecule has 0 aliphatic rings. The number of hydrogen-bond donors (Lipinski definition) is 3. The minimum Gasteiger partial charge on any atom is -0.504 e. The van der Waals surface area contributed by atoms with Crippen molar-refractivity contribution in [2.45, 2.75) is 0 Å². The fourth-order valence-corrected chi connectivity index (χ4v) is 1.55. The van der Waals surface area contributed by atoms with E-state index in [0.717, 1.165) is 0 Å². The van der Waals surface area contributed by atoms with Gasteiger partial charge >= 0.3 is 0 Å². The van der Waals surface area contributed by atoms with Gasteiger partial charge in [0.05, 0.1) is 0 Å². The van der Waals surface area contributed by atoms with Gasteiger partial charge in [0, 0.05) is 16.8 Å². The number of carbonyl (C=O) groups excluding carboxylic acids is 1. The van der Waals surface area contributed by atoms with Gasteiger partial charge in [-0.25, -0.2) is 0 Å². The lowest BCUT2D eigenvalue weighted by atomic mass is 10.1. The molecule has 3 N–H and O–H groups in total. The van der Waals surface area contributed by atoms with Crippen LogP contribution in [0.1, 0.15) is 15.9 Å². The molecule has 94 valence electrons. The van der Waals surface area contributed by atoms with Crippen molar-refractivity contribution >= 4 is 11.6 Å². The molecule has 4 heteroatoms. The van der Waals surface area contributed by atoms with E-state index in [1.807, 2.05) is 0 Å². The molecular formula is C15H11NO3. The summed E-state index contributed by atoms with van der Waals surface area (Å²) in [6.07, 6.45) is 5.27. The maximum absolute atomic E-state index is 11.9. The largest absolute Gasteiger partial charge is 0.504 e. The number of phenolic OH excluding ortho intramolecular Hbond substituents is 2. The van der Waals surface area contributed by atoms with Gasteiger partial charge in [-0.2, -0.15) is 0 Å². The van der Waals surface area contributed by atoms with Crippen molar-refractivity contribution in [1.82, 2.24) is 0 Å². The molecule has 0 heterocycles. The summed E-state index contributed by atoms with van der Waals surface area (Å²) in [6.45, 7) is 0. The number of rotatable bonds is 2. The molecule has 0 atom stereocenters. The molecule has 0 saturated carbocycles. The average molecular weight is 253 g/mol. The van der Waals surface area contributed by atoms with Crippen molar-refractivity contribution in [2.24, 2.45) is 0 Å². The number of amides is 1. The van der Waals surface area contributed by atoms with Gasteiger partial charge in [-0.15, -0.1) is 6.42 Å². The van der Waals surface area contributed by atoms with Crippen molar-refractivity contribution in [3.05, 3.63) is 53.6 Å². The van der Waals surface area contributed by atoms with Crippen LogP contribution in [0, 0.1) is 12.3 Å². The number of benzene rings is 2. The zero-order chi connectivity index (χ0) is 13.8. The van der Waals surface area contributed by atoms with Crippen LogP contribution in [0.4, 0.5) is 5.69 Å². The molecular weight excluding hydrogens is 242 g/mol. The molecule has 0 bridgehead atoms. The second-order valence-corrected chi connectivity index (χ2v) is 3.88. The van der Waals surface area contributed by atoms with Gasteiger partial charge in [-0.3, -0.25) is 4.79 Å². The fraction of sp³-hybridized carbons (Fsp3) is 0. The number of carbonyl (C=O) groups is 1. The minimum absolute atomic E-state index is 0.237. The van der Waals surface area contributed by atoms with Gasteiger partial charge < -0.3 is 15.5 Å². The molecule has 2 aromatic carbocycles. The van der Waals surface area contributed by atoms with Crippen LogP contribution >= 0.6 is 0 Å². The van der Waals surface area contributed by atoms with Crippen LogP contribution in [-0.4, -0.2) is 16.1 Å². The Morgan fingerprint density at radius 3 is 2.58 bits per heavy atom. The van der Waals surface area contributed by atoms with Crippen LogP contribution in [0.15, 0.2) is 42.5 Å². The van der Waals surface area contributed by atoms with Gasteiger partial charge in [0.1, 0.15) is 0 Å². The number of anilines is 1. The Balaban J connectivity index is 2.21. The predicted octanol–water partition coefficient (Wildman–Crippen LogP) is 2.33. The topological polar surface area (TPSA) is 69.6 Å². The van der Waals surface area contributed by atoms with E-state index in [-0.39, 0.29) is 17.1 Å². The number of terminal acetylenes is 1. The molecule has 4 nitrogen and oxygen atoms in total. The SMILES string of the molecule is C#Cc1cccc(NC(=O)c2ccc(O)c(O)c2)c1. The van der Waals surface area contributed by atoms with E-state index in [1.54, 1.807) is 24.3 Å². The van der Waals surface area contributed by atoms with Crippen LogP contribution in [0.5, 0.6) is 11.5 Å². The monoisotopic (exact) mass is 253 g/mol. The molecule has 0 saturated heterocycles. The first-order chi connectivity index (χ1) is 9.10. The summed E-state index contributed by atoms with van der Waals surface area (Å²) < 4.78 is 0. The van der Waals surface area contributed by atoms with Crippen molar-refractivity contribution in [3.63, 3.8) is 0 Å². The second-order valence-electron chi connectivity index (χ2n) is 3.88. The Morgan fingerprint density at radius 1 is 1.11 bits per heavy atom. The summed E-state index contributed by atoms with van der Waals surface area (Å²) in [4.78, 5) is 11.9. The molecule has 0 aliphatic carbocycles. The first-order valence-corrected chi connectivity index (χ1v) is 5.50. The fourth-order valence-electron chi connectivity index (χ4n) is 1.55. The molecule has 1 amide bonds. The lowest BCUT2D eigenvalue weighted by molar-refractivity contribution is 0.102. The summed E-state index contributed by atoms with van der Waals surface area (Å²) in [5, 5.41) is 21.2. The quantitative estimate of drug-likeness (QED) is 0.568. The highest BCUT2D eigenvalue weighted by Gasteiger charge is 2.09. The zero-order valence-electron chi connectivity index (χ0n) is 9.92. The lowest BCUT2D eigenvalue weighted by Gasteiger charge is -2.06. The number of nitrogens with one attached hydrogen (secondary N) is 1. The summed E-state index contributed by atoms with van der Waals surface area (Å²) in [7, 11) is 0. The van der Waals surface area contributed by atoms with Gasteiger partial charge in [-0.1, -0.05) is 12.0 Å². The molecule has 0 aliphatic heterocycles. The highest BCUT2D eigenvalue weighted by Crippen LogP contribution is 2.25. The third-order valence-electron chi connectivity index (χ3n) is 2.52. The van der Waals surface area contributed by atoms with Crippen molar-refractivity contribution in [1.29, 1.82) is 0 Å². The molecule has 0 unspecified atom stereocenters. The van der Waals surface area contributed by atoms with E-state index in [9.17, 15) is 15.0 Å². The summed E-state index contributed by atoms with van der Waals surface area (Å²) in [5.74, 6) is 1.46. The molecule has 0 aromatic heterocycles. The van der Waals surface area contributed by atoms with Crippen LogP contribution in [-0.2, 0) is 0 Å². The van der Waals surface area contributed by atoms with E-state index in [4.69, 9.17) is 6.42 Å². The minimum atomic E-state index is -0.399. The maximum atomic E-state index is 11.9. The smallest absolute Gasteiger partial charge is 0.255 e. The van der Waals surface area contributed by atoms with Gasteiger partial charge in [-0.05, 0) is 36.4 Å². The summed E-state index contributed by atoms with van der Waals surface area (Å²) in [6, 6.07) is 10.7. The summed E-state index contributed by atoms with van der Waals surface area (Å²) in [5.41, 5.74) is 1.46. The molecule has 0 radical (unpaired) electrons. The van der Waals surface area contributed by atoms with Crippen molar-refractivity contribution in [3.8, 4) is 23.8 Å². The van der Waals surface area contributed by atoms with Crippen LogP contribution in [0.3, 0.4) is 0 Å². The number of phenols is 2. The molecule has 2 rings (SSSR count). The standard InChI is InChI=1S/C15H11NO3/c1-2-10-4-3-5-12(8-10)16-15(19)11-6-7-13(17)14(18)9-11/h1,3-9,17-18H,(H,16,19). The highest BCUT2D eigenvalue weighted by molar-refractivity contribution is 6.04. The van der Waals surface area contributed by atoms with E-state index < -0.39 is 5.91 Å². The second kappa shape index (κ2) is 5.15. The Hall–Kier alpha value is -2.93. The Bertz CT molecular complexity index is 671.